The van der Waals surface area contributed by atoms with Gasteiger partial charge < -0.3 is 42.5 Å². The Balaban J connectivity index is 5.71. The molecule has 0 aromatic rings. The quantitative estimate of drug-likeness (QED) is 0.0491. The van der Waals surface area contributed by atoms with Crippen LogP contribution in [-0.2, 0) is 38.4 Å². The second-order valence-electron chi connectivity index (χ2n) is 13.4. The number of nitrogens with one attached hydrogen (secondary N) is 8. The van der Waals surface area contributed by atoms with E-state index in [4.69, 9.17) is 0 Å². The number of carbonyl (C=O) groups is 8. The highest BCUT2D eigenvalue weighted by atomic mass is 16.2. The first-order chi connectivity index (χ1) is 24.7. The van der Waals surface area contributed by atoms with E-state index in [1.54, 1.807) is 13.8 Å². The van der Waals surface area contributed by atoms with E-state index < -0.39 is 5.54 Å². The molecular weight excluding hydrogens is 672 g/mol. The zero-order valence-corrected chi connectivity index (χ0v) is 32.2. The second-order valence-corrected chi connectivity index (χ2v) is 13.4. The minimum Gasteiger partial charge on any atom is -0.356 e. The molecule has 0 aliphatic rings. The van der Waals surface area contributed by atoms with Gasteiger partial charge in [0.2, 0.25) is 47.3 Å². The van der Waals surface area contributed by atoms with E-state index >= 15 is 0 Å². The highest BCUT2D eigenvalue weighted by Gasteiger charge is 2.33. The number of hydrogen-bond donors (Lipinski definition) is 8. The van der Waals surface area contributed by atoms with Crippen LogP contribution in [0.25, 0.3) is 0 Å². The van der Waals surface area contributed by atoms with Crippen LogP contribution in [0.3, 0.4) is 0 Å². The zero-order valence-electron chi connectivity index (χ0n) is 32.2. The van der Waals surface area contributed by atoms with Gasteiger partial charge in [-0.2, -0.15) is 0 Å². The third-order valence-corrected chi connectivity index (χ3v) is 8.10. The molecule has 8 amide bonds. The molecule has 16 nitrogen and oxygen atoms in total. The molecule has 0 bridgehead atoms. The molecule has 0 heterocycles. The molecule has 0 unspecified atom stereocenters. The molecule has 0 aromatic carbocycles. The highest BCUT2D eigenvalue weighted by Crippen LogP contribution is 2.26. The van der Waals surface area contributed by atoms with Crippen molar-refractivity contribution in [2.24, 2.45) is 5.92 Å². The Morgan fingerprint density at radius 1 is 0.442 bits per heavy atom. The van der Waals surface area contributed by atoms with Crippen molar-refractivity contribution in [3.63, 3.8) is 0 Å². The van der Waals surface area contributed by atoms with Gasteiger partial charge in [0.25, 0.3) is 0 Å². The van der Waals surface area contributed by atoms with Gasteiger partial charge >= 0.3 is 0 Å². The first-order valence-corrected chi connectivity index (χ1v) is 18.9. The maximum absolute atomic E-state index is 13.3. The minimum atomic E-state index is -1.09. The third-order valence-electron chi connectivity index (χ3n) is 8.10. The topological polar surface area (TPSA) is 233 Å². The number of hydrogen-bond acceptors (Lipinski definition) is 8. The van der Waals surface area contributed by atoms with Gasteiger partial charge in [-0.05, 0) is 50.9 Å². The van der Waals surface area contributed by atoms with Gasteiger partial charge in [0.1, 0.15) is 0 Å². The van der Waals surface area contributed by atoms with Crippen LogP contribution in [-0.4, -0.2) is 98.6 Å². The number of carbonyl (C=O) groups excluding carboxylic acids is 8. The van der Waals surface area contributed by atoms with Gasteiger partial charge in [0.15, 0.2) is 0 Å². The molecule has 0 fully saturated rings. The maximum Gasteiger partial charge on any atom is 0.220 e. The standard InChI is InChI=1S/C36H66N8O8/c1-6-29(46)38-21-10-24-41-33(50)15-18-36(17-14-32(49)40-23-9-20-37-28(5)45,19-16-34(51)42-25-11-22-39-30(47)7-2)44-35(52)13-8-12-31(48)43-26-27(3)4/h27H,6-26H2,1-5H3,(H,37,45)(H,38,46)(H,39,47)(H,40,49)(H,41,50)(H,42,51)(H,43,48)(H,44,52). The number of amides is 8. The van der Waals surface area contributed by atoms with Crippen molar-refractivity contribution < 1.29 is 38.4 Å². The molecule has 0 aliphatic heterocycles. The largest absolute Gasteiger partial charge is 0.356 e. The van der Waals surface area contributed by atoms with Gasteiger partial charge in [-0.25, -0.2) is 0 Å². The summed E-state index contributed by atoms with van der Waals surface area (Å²) < 4.78 is 0. The van der Waals surface area contributed by atoms with E-state index in [1.165, 1.54) is 6.92 Å². The summed E-state index contributed by atoms with van der Waals surface area (Å²) in [6.45, 7) is 11.7. The lowest BCUT2D eigenvalue weighted by Gasteiger charge is -2.35. The summed E-state index contributed by atoms with van der Waals surface area (Å²) in [5.74, 6) is -1.36. The third kappa shape index (κ3) is 27.5. The predicted octanol–water partition coefficient (Wildman–Crippen LogP) is 0.832. The lowest BCUT2D eigenvalue weighted by molar-refractivity contribution is -0.127. The maximum atomic E-state index is 13.3. The van der Waals surface area contributed by atoms with Crippen LogP contribution in [0.2, 0.25) is 0 Å². The van der Waals surface area contributed by atoms with E-state index in [-0.39, 0.29) is 98.6 Å². The molecule has 0 radical (unpaired) electrons. The number of rotatable bonds is 30. The average Bonchev–Trinajstić information content (AvgIpc) is 3.10. The molecular formula is C36H66N8O8. The van der Waals surface area contributed by atoms with Crippen LogP contribution in [0.1, 0.15) is 125 Å². The summed E-state index contributed by atoms with van der Waals surface area (Å²) in [6.07, 6.45) is 3.33. The normalized spacial score (nSPS) is 10.9. The Bertz CT molecular complexity index is 1090. The average molecular weight is 739 g/mol. The van der Waals surface area contributed by atoms with Crippen molar-refractivity contribution in [2.45, 2.75) is 130 Å². The summed E-state index contributed by atoms with van der Waals surface area (Å²) >= 11 is 0. The Kier molecular flexibility index (Phi) is 27.0. The molecule has 8 N–H and O–H groups in total. The zero-order chi connectivity index (χ0) is 39.2. The molecule has 16 heteroatoms. The molecule has 0 aromatic heterocycles. The van der Waals surface area contributed by atoms with Gasteiger partial charge in [0, 0.05) is 103 Å². The highest BCUT2D eigenvalue weighted by molar-refractivity contribution is 5.81. The lowest BCUT2D eigenvalue weighted by atomic mass is 9.82. The van der Waals surface area contributed by atoms with Crippen LogP contribution in [0.5, 0.6) is 0 Å². The SMILES string of the molecule is CCC(=O)NCCCNC(=O)CCC(CCC(=O)NCCCNC(C)=O)(CCC(=O)NCCCNC(=O)CC)NC(=O)CCCC(=O)NCC(C)C. The molecule has 0 atom stereocenters. The van der Waals surface area contributed by atoms with E-state index in [0.717, 1.165) is 0 Å². The van der Waals surface area contributed by atoms with Gasteiger partial charge in [-0.3, -0.25) is 38.4 Å². The van der Waals surface area contributed by atoms with Crippen molar-refractivity contribution in [3.8, 4) is 0 Å². The molecule has 0 saturated carbocycles. The van der Waals surface area contributed by atoms with Gasteiger partial charge in [-0.15, -0.1) is 0 Å². The van der Waals surface area contributed by atoms with Crippen LogP contribution >= 0.6 is 0 Å². The van der Waals surface area contributed by atoms with Crippen molar-refractivity contribution >= 4 is 47.3 Å². The Morgan fingerprint density at radius 2 is 0.788 bits per heavy atom. The fourth-order valence-electron chi connectivity index (χ4n) is 4.98. The molecule has 0 saturated heterocycles. The first kappa shape index (κ1) is 47.8. The molecule has 0 rings (SSSR count). The van der Waals surface area contributed by atoms with E-state index in [2.05, 4.69) is 42.5 Å². The molecule has 0 spiro atoms. The van der Waals surface area contributed by atoms with Gasteiger partial charge in [0.05, 0.1) is 0 Å². The van der Waals surface area contributed by atoms with Crippen LogP contribution < -0.4 is 42.5 Å². The van der Waals surface area contributed by atoms with Crippen LogP contribution in [0, 0.1) is 5.92 Å². The van der Waals surface area contributed by atoms with Gasteiger partial charge in [-0.1, -0.05) is 27.7 Å². The summed E-state index contributed by atoms with van der Waals surface area (Å²) in [4.78, 5) is 98.3. The van der Waals surface area contributed by atoms with E-state index in [9.17, 15) is 38.4 Å². The summed E-state index contributed by atoms with van der Waals surface area (Å²) in [7, 11) is 0. The predicted molar refractivity (Wildman–Crippen MR) is 198 cm³/mol. The summed E-state index contributed by atoms with van der Waals surface area (Å²) in [6, 6.07) is 0. The molecule has 0 aliphatic carbocycles. The summed E-state index contributed by atoms with van der Waals surface area (Å²) in [5.41, 5.74) is -1.09. The smallest absolute Gasteiger partial charge is 0.220 e. The van der Waals surface area contributed by atoms with Crippen molar-refractivity contribution in [1.82, 2.24) is 42.5 Å². The Labute approximate surface area is 309 Å². The Hall–Kier alpha value is -4.24. The molecule has 52 heavy (non-hydrogen) atoms. The monoisotopic (exact) mass is 739 g/mol. The van der Waals surface area contributed by atoms with E-state index in [0.29, 0.717) is 90.3 Å². The van der Waals surface area contributed by atoms with E-state index in [1.807, 2.05) is 13.8 Å². The minimum absolute atomic E-state index is 0.00944. The van der Waals surface area contributed by atoms with Crippen molar-refractivity contribution in [2.75, 3.05) is 45.8 Å². The van der Waals surface area contributed by atoms with Crippen LogP contribution in [0.15, 0.2) is 0 Å². The Morgan fingerprint density at radius 3 is 1.15 bits per heavy atom. The fraction of sp³-hybridized carbons (Fsp3) is 0.778. The first-order valence-electron chi connectivity index (χ1n) is 18.9. The van der Waals surface area contributed by atoms with Crippen LogP contribution in [0.4, 0.5) is 0 Å². The lowest BCUT2D eigenvalue weighted by Crippen LogP contribution is -2.50. The second kappa shape index (κ2) is 29.3. The van der Waals surface area contributed by atoms with Crippen molar-refractivity contribution in [3.05, 3.63) is 0 Å². The van der Waals surface area contributed by atoms with Crippen molar-refractivity contribution in [1.29, 1.82) is 0 Å². The molecule has 298 valence electrons. The summed E-state index contributed by atoms with van der Waals surface area (Å²) in [5, 5.41) is 22.5. The fourth-order valence-corrected chi connectivity index (χ4v) is 4.98.